The van der Waals surface area contributed by atoms with E-state index in [2.05, 4.69) is 43.5 Å². The number of fused-ring (bicyclic) bond motifs is 3. The zero-order valence-corrected chi connectivity index (χ0v) is 16.1. The zero-order chi connectivity index (χ0) is 18.9. The van der Waals surface area contributed by atoms with Crippen molar-refractivity contribution in [3.63, 3.8) is 0 Å². The van der Waals surface area contributed by atoms with Gasteiger partial charge in [0, 0.05) is 57.0 Å². The molecular weight excluding hydrogens is 352 g/mol. The number of anilines is 1. The van der Waals surface area contributed by atoms with E-state index in [1.54, 1.807) is 6.33 Å². The zero-order valence-electron chi connectivity index (χ0n) is 16.1. The molecule has 144 valence electrons. The molecule has 3 heterocycles. The summed E-state index contributed by atoms with van der Waals surface area (Å²) in [5.74, 6) is 0.931. The Morgan fingerprint density at radius 1 is 1.14 bits per heavy atom. The second-order valence-electron chi connectivity index (χ2n) is 7.38. The molecule has 3 aromatic rings. The first kappa shape index (κ1) is 17.3. The third-order valence-corrected chi connectivity index (χ3v) is 5.53. The van der Waals surface area contributed by atoms with Gasteiger partial charge in [-0.2, -0.15) is 5.10 Å². The Morgan fingerprint density at radius 2 is 2.04 bits per heavy atom. The van der Waals surface area contributed by atoms with Gasteiger partial charge in [0.15, 0.2) is 0 Å². The predicted molar refractivity (Wildman–Crippen MR) is 108 cm³/mol. The van der Waals surface area contributed by atoms with Gasteiger partial charge < -0.3 is 10.1 Å². The third-order valence-electron chi connectivity index (χ3n) is 5.53. The van der Waals surface area contributed by atoms with E-state index in [-0.39, 0.29) is 0 Å². The van der Waals surface area contributed by atoms with E-state index in [0.717, 1.165) is 68.5 Å². The van der Waals surface area contributed by atoms with E-state index < -0.39 is 0 Å². The summed E-state index contributed by atoms with van der Waals surface area (Å²) < 4.78 is 7.26. The molecule has 2 aliphatic rings. The molecule has 2 aromatic heterocycles. The minimum Gasteiger partial charge on any atom is -0.379 e. The van der Waals surface area contributed by atoms with Crippen molar-refractivity contribution in [3.8, 4) is 22.3 Å². The van der Waals surface area contributed by atoms with E-state index in [0.29, 0.717) is 0 Å². The van der Waals surface area contributed by atoms with Crippen LogP contribution in [0.15, 0.2) is 36.9 Å². The molecule has 0 atom stereocenters. The Bertz CT molecular complexity index is 992. The number of hydrogen-bond acceptors (Lipinski definition) is 6. The molecule has 0 saturated carbocycles. The average molecular weight is 376 g/mol. The number of ether oxygens (including phenoxy) is 1. The van der Waals surface area contributed by atoms with Crippen LogP contribution in [-0.2, 0) is 18.2 Å². The maximum atomic E-state index is 5.42. The topological polar surface area (TPSA) is 68.1 Å². The third kappa shape index (κ3) is 3.27. The lowest BCUT2D eigenvalue weighted by molar-refractivity contribution is 0.0398. The highest BCUT2D eigenvalue weighted by Gasteiger charge is 2.24. The van der Waals surface area contributed by atoms with Crippen LogP contribution in [-0.4, -0.2) is 64.0 Å². The summed E-state index contributed by atoms with van der Waals surface area (Å²) in [6, 6.07) is 6.62. The first-order valence-electron chi connectivity index (χ1n) is 9.78. The lowest BCUT2D eigenvalue weighted by atomic mass is 10.0. The number of rotatable bonds is 5. The maximum Gasteiger partial charge on any atom is 0.137 e. The van der Waals surface area contributed by atoms with Crippen LogP contribution in [0.4, 0.5) is 5.82 Å². The predicted octanol–water partition coefficient (Wildman–Crippen LogP) is 2.19. The second kappa shape index (κ2) is 7.33. The van der Waals surface area contributed by atoms with Crippen LogP contribution in [0, 0.1) is 0 Å². The van der Waals surface area contributed by atoms with Crippen molar-refractivity contribution in [1.82, 2.24) is 24.6 Å². The first-order valence-corrected chi connectivity index (χ1v) is 9.78. The summed E-state index contributed by atoms with van der Waals surface area (Å²) in [7, 11) is 1.94. The van der Waals surface area contributed by atoms with Crippen LogP contribution in [0.5, 0.6) is 0 Å². The van der Waals surface area contributed by atoms with Crippen LogP contribution in [0.3, 0.4) is 0 Å². The number of aryl methyl sites for hydroxylation is 1. The number of nitrogens with zero attached hydrogens (tertiary/aromatic N) is 5. The van der Waals surface area contributed by atoms with Crippen molar-refractivity contribution in [3.05, 3.63) is 48.2 Å². The van der Waals surface area contributed by atoms with Crippen molar-refractivity contribution in [2.75, 3.05) is 44.7 Å². The van der Waals surface area contributed by atoms with Gasteiger partial charge in [-0.05, 0) is 22.8 Å². The quantitative estimate of drug-likeness (QED) is 0.576. The normalized spacial score (nSPS) is 16.0. The fourth-order valence-corrected chi connectivity index (χ4v) is 4.02. The summed E-state index contributed by atoms with van der Waals surface area (Å²) in [6.07, 6.45) is 6.48. The number of nitrogens with one attached hydrogen (secondary N) is 1. The summed E-state index contributed by atoms with van der Waals surface area (Å²) >= 11 is 0. The minimum absolute atomic E-state index is 0.827. The van der Waals surface area contributed by atoms with Gasteiger partial charge in [0.1, 0.15) is 12.1 Å². The molecule has 0 amide bonds. The molecule has 7 heteroatoms. The molecule has 1 saturated heterocycles. The lowest BCUT2D eigenvalue weighted by Crippen LogP contribution is -2.39. The highest BCUT2D eigenvalue weighted by atomic mass is 16.5. The SMILES string of the molecule is Cn1cc(-c2ccc3c(c2)-c2c(ncnc2NCCN2CCOCC2)C3)cn1. The highest BCUT2D eigenvalue weighted by Crippen LogP contribution is 2.41. The van der Waals surface area contributed by atoms with Gasteiger partial charge in [-0.25, -0.2) is 9.97 Å². The molecule has 1 aromatic carbocycles. The van der Waals surface area contributed by atoms with E-state index in [9.17, 15) is 0 Å². The minimum atomic E-state index is 0.827. The molecule has 0 radical (unpaired) electrons. The van der Waals surface area contributed by atoms with Crippen molar-refractivity contribution >= 4 is 5.82 Å². The second-order valence-corrected chi connectivity index (χ2v) is 7.38. The molecule has 0 spiro atoms. The Kier molecular flexibility index (Phi) is 4.54. The van der Waals surface area contributed by atoms with Gasteiger partial charge >= 0.3 is 0 Å². The Balaban J connectivity index is 1.40. The maximum absolute atomic E-state index is 5.42. The van der Waals surface area contributed by atoms with Gasteiger partial charge in [-0.15, -0.1) is 0 Å². The van der Waals surface area contributed by atoms with Crippen molar-refractivity contribution < 1.29 is 4.74 Å². The van der Waals surface area contributed by atoms with E-state index in [1.807, 2.05) is 24.1 Å². The van der Waals surface area contributed by atoms with Gasteiger partial charge in [0.05, 0.1) is 25.1 Å². The van der Waals surface area contributed by atoms with Crippen molar-refractivity contribution in [2.45, 2.75) is 6.42 Å². The standard InChI is InChI=1S/C21H24N6O/c1-26-13-17(12-25-26)15-2-3-16-11-19-20(18(16)10-15)21(24-14-23-19)22-4-5-27-6-8-28-9-7-27/h2-3,10,12-14H,4-9,11H2,1H3,(H,22,23,24). The van der Waals surface area contributed by atoms with Gasteiger partial charge in [-0.3, -0.25) is 9.58 Å². The number of hydrogen-bond donors (Lipinski definition) is 1. The largest absolute Gasteiger partial charge is 0.379 e. The van der Waals surface area contributed by atoms with Crippen molar-refractivity contribution in [2.24, 2.45) is 7.05 Å². The smallest absolute Gasteiger partial charge is 0.137 e. The molecular formula is C21H24N6O. The Hall–Kier alpha value is -2.77. The van der Waals surface area contributed by atoms with E-state index >= 15 is 0 Å². The summed E-state index contributed by atoms with van der Waals surface area (Å²) in [6.45, 7) is 5.51. The summed E-state index contributed by atoms with van der Waals surface area (Å²) in [5.41, 5.74) is 7.07. The fourth-order valence-electron chi connectivity index (χ4n) is 4.02. The van der Waals surface area contributed by atoms with E-state index in [1.165, 1.54) is 16.7 Å². The summed E-state index contributed by atoms with van der Waals surface area (Å²) in [4.78, 5) is 11.5. The first-order chi connectivity index (χ1) is 13.8. The molecule has 28 heavy (non-hydrogen) atoms. The molecule has 0 unspecified atom stereocenters. The van der Waals surface area contributed by atoms with Crippen LogP contribution >= 0.6 is 0 Å². The monoisotopic (exact) mass is 376 g/mol. The molecule has 7 nitrogen and oxygen atoms in total. The average Bonchev–Trinajstić information content (AvgIpc) is 3.32. The molecule has 5 rings (SSSR count). The lowest BCUT2D eigenvalue weighted by Gasteiger charge is -2.26. The fraction of sp³-hybridized carbons (Fsp3) is 0.381. The number of benzene rings is 1. The number of morpholine rings is 1. The van der Waals surface area contributed by atoms with Gasteiger partial charge in [-0.1, -0.05) is 12.1 Å². The van der Waals surface area contributed by atoms with Crippen LogP contribution in [0.1, 0.15) is 11.3 Å². The van der Waals surface area contributed by atoms with Crippen LogP contribution in [0.2, 0.25) is 0 Å². The van der Waals surface area contributed by atoms with Crippen LogP contribution < -0.4 is 5.32 Å². The van der Waals surface area contributed by atoms with Gasteiger partial charge in [0.25, 0.3) is 0 Å². The van der Waals surface area contributed by atoms with Crippen molar-refractivity contribution in [1.29, 1.82) is 0 Å². The van der Waals surface area contributed by atoms with Crippen LogP contribution in [0.25, 0.3) is 22.3 Å². The molecule has 1 N–H and O–H groups in total. The highest BCUT2D eigenvalue weighted by molar-refractivity contribution is 5.86. The van der Waals surface area contributed by atoms with Gasteiger partial charge in [0.2, 0.25) is 0 Å². The molecule has 0 bridgehead atoms. The molecule has 1 aliphatic carbocycles. The summed E-state index contributed by atoms with van der Waals surface area (Å²) in [5, 5.41) is 7.85. The van der Waals surface area contributed by atoms with E-state index in [4.69, 9.17) is 4.74 Å². The molecule has 1 aliphatic heterocycles. The Labute approximate surface area is 164 Å². The molecule has 1 fully saturated rings. The Morgan fingerprint density at radius 3 is 2.86 bits per heavy atom. The number of aromatic nitrogens is 4.